The van der Waals surface area contributed by atoms with Crippen molar-refractivity contribution >= 4 is 28.5 Å². The molecule has 0 radical (unpaired) electrons. The summed E-state index contributed by atoms with van der Waals surface area (Å²) in [6.45, 7) is 1.67. The van der Waals surface area contributed by atoms with E-state index in [1.807, 2.05) is 12.1 Å². The SMILES string of the molecule is Cc1oc(CSc2ccc3ccccc3c2)cc1C(=O)O. The number of carbonyl (C=O) groups is 1. The van der Waals surface area contributed by atoms with Crippen LogP contribution in [0, 0.1) is 6.92 Å². The summed E-state index contributed by atoms with van der Waals surface area (Å²) in [6.07, 6.45) is 0. The Kier molecular flexibility index (Phi) is 3.71. The predicted molar refractivity (Wildman–Crippen MR) is 83.9 cm³/mol. The number of furan rings is 1. The lowest BCUT2D eigenvalue weighted by Crippen LogP contribution is -1.94. The van der Waals surface area contributed by atoms with Crippen molar-refractivity contribution in [2.45, 2.75) is 17.6 Å². The number of hydrogen-bond acceptors (Lipinski definition) is 3. The van der Waals surface area contributed by atoms with E-state index < -0.39 is 5.97 Å². The summed E-state index contributed by atoms with van der Waals surface area (Å²) in [6, 6.07) is 16.1. The Balaban J connectivity index is 1.77. The van der Waals surface area contributed by atoms with E-state index in [-0.39, 0.29) is 5.56 Å². The van der Waals surface area contributed by atoms with Gasteiger partial charge >= 0.3 is 5.97 Å². The Bertz CT molecular complexity index is 805. The summed E-state index contributed by atoms with van der Waals surface area (Å²) in [4.78, 5) is 12.1. The molecule has 0 amide bonds. The van der Waals surface area contributed by atoms with Gasteiger partial charge in [-0.2, -0.15) is 0 Å². The first-order valence-electron chi connectivity index (χ1n) is 6.58. The maximum Gasteiger partial charge on any atom is 0.339 e. The molecule has 0 bridgehead atoms. The van der Waals surface area contributed by atoms with E-state index in [9.17, 15) is 4.79 Å². The lowest BCUT2D eigenvalue weighted by atomic mass is 10.1. The molecule has 21 heavy (non-hydrogen) atoms. The Morgan fingerprint density at radius 3 is 2.62 bits per heavy atom. The van der Waals surface area contributed by atoms with Crippen LogP contribution in [0.1, 0.15) is 21.9 Å². The van der Waals surface area contributed by atoms with Gasteiger partial charge in [0.05, 0.1) is 5.75 Å². The van der Waals surface area contributed by atoms with Gasteiger partial charge in [-0.1, -0.05) is 30.3 Å². The molecule has 0 unspecified atom stereocenters. The zero-order chi connectivity index (χ0) is 14.8. The van der Waals surface area contributed by atoms with Gasteiger partial charge in [-0.05, 0) is 35.9 Å². The fourth-order valence-corrected chi connectivity index (χ4v) is 3.06. The smallest absolute Gasteiger partial charge is 0.339 e. The Hall–Kier alpha value is -2.20. The Morgan fingerprint density at radius 1 is 1.14 bits per heavy atom. The van der Waals surface area contributed by atoms with Crippen LogP contribution in [0.4, 0.5) is 0 Å². The highest BCUT2D eigenvalue weighted by Crippen LogP contribution is 2.28. The molecule has 4 heteroatoms. The van der Waals surface area contributed by atoms with Crippen LogP contribution in [-0.4, -0.2) is 11.1 Å². The maximum absolute atomic E-state index is 11.0. The average Bonchev–Trinajstić information content (AvgIpc) is 2.86. The molecule has 3 aromatic rings. The molecule has 0 saturated heterocycles. The molecule has 106 valence electrons. The van der Waals surface area contributed by atoms with Crippen molar-refractivity contribution in [3.8, 4) is 0 Å². The van der Waals surface area contributed by atoms with Crippen molar-refractivity contribution in [3.63, 3.8) is 0 Å². The van der Waals surface area contributed by atoms with E-state index in [0.29, 0.717) is 17.3 Å². The number of aromatic carboxylic acids is 1. The zero-order valence-electron chi connectivity index (χ0n) is 11.5. The lowest BCUT2D eigenvalue weighted by Gasteiger charge is -2.02. The topological polar surface area (TPSA) is 50.4 Å². The molecular formula is C17H14O3S. The fraction of sp³-hybridized carbons (Fsp3) is 0.118. The number of thioether (sulfide) groups is 1. The molecule has 0 spiro atoms. The summed E-state index contributed by atoms with van der Waals surface area (Å²) in [5, 5.41) is 11.4. The molecule has 1 N–H and O–H groups in total. The van der Waals surface area contributed by atoms with Gasteiger partial charge in [-0.25, -0.2) is 4.79 Å². The molecular weight excluding hydrogens is 284 g/mol. The third-order valence-corrected chi connectivity index (χ3v) is 4.32. The van der Waals surface area contributed by atoms with Crippen molar-refractivity contribution in [1.82, 2.24) is 0 Å². The first-order chi connectivity index (χ1) is 10.1. The van der Waals surface area contributed by atoms with Crippen LogP contribution in [0.2, 0.25) is 0 Å². The van der Waals surface area contributed by atoms with Crippen molar-refractivity contribution in [2.24, 2.45) is 0 Å². The molecule has 0 aliphatic rings. The maximum atomic E-state index is 11.0. The highest BCUT2D eigenvalue weighted by molar-refractivity contribution is 7.98. The molecule has 2 aromatic carbocycles. The zero-order valence-corrected chi connectivity index (χ0v) is 12.3. The van der Waals surface area contributed by atoms with Crippen molar-refractivity contribution in [1.29, 1.82) is 0 Å². The largest absolute Gasteiger partial charge is 0.478 e. The highest BCUT2D eigenvalue weighted by Gasteiger charge is 2.13. The monoisotopic (exact) mass is 298 g/mol. The predicted octanol–water partition coefficient (Wildman–Crippen LogP) is 4.73. The number of fused-ring (bicyclic) bond motifs is 1. The molecule has 1 aromatic heterocycles. The van der Waals surface area contributed by atoms with Crippen LogP contribution in [0.25, 0.3) is 10.8 Å². The number of benzene rings is 2. The van der Waals surface area contributed by atoms with E-state index in [4.69, 9.17) is 9.52 Å². The van der Waals surface area contributed by atoms with Gasteiger partial charge in [0.1, 0.15) is 17.1 Å². The number of aryl methyl sites for hydroxylation is 1. The molecule has 1 heterocycles. The normalized spacial score (nSPS) is 10.9. The third kappa shape index (κ3) is 2.95. The van der Waals surface area contributed by atoms with Crippen LogP contribution >= 0.6 is 11.8 Å². The molecule has 0 saturated carbocycles. The number of carboxylic acids is 1. The molecule has 3 rings (SSSR count). The van der Waals surface area contributed by atoms with Gasteiger partial charge < -0.3 is 9.52 Å². The van der Waals surface area contributed by atoms with Crippen molar-refractivity contribution in [2.75, 3.05) is 0 Å². The van der Waals surface area contributed by atoms with Crippen LogP contribution in [0.5, 0.6) is 0 Å². The van der Waals surface area contributed by atoms with E-state index in [1.54, 1.807) is 24.8 Å². The third-order valence-electron chi connectivity index (χ3n) is 3.30. The van der Waals surface area contributed by atoms with Crippen LogP contribution < -0.4 is 0 Å². The molecule has 0 atom stereocenters. The van der Waals surface area contributed by atoms with Crippen molar-refractivity contribution < 1.29 is 14.3 Å². The number of carboxylic acid groups (broad SMARTS) is 1. The van der Waals surface area contributed by atoms with E-state index in [1.165, 1.54) is 10.8 Å². The quantitative estimate of drug-likeness (QED) is 0.707. The first kappa shape index (κ1) is 13.8. The van der Waals surface area contributed by atoms with Gasteiger partial charge in [0.2, 0.25) is 0 Å². The average molecular weight is 298 g/mol. The second-order valence-electron chi connectivity index (χ2n) is 4.79. The van der Waals surface area contributed by atoms with Crippen molar-refractivity contribution in [3.05, 3.63) is 65.6 Å². The van der Waals surface area contributed by atoms with Crippen LogP contribution in [-0.2, 0) is 5.75 Å². The van der Waals surface area contributed by atoms with Gasteiger partial charge in [0.25, 0.3) is 0 Å². The molecule has 3 nitrogen and oxygen atoms in total. The Morgan fingerprint density at radius 2 is 1.90 bits per heavy atom. The molecule has 0 fully saturated rings. The second-order valence-corrected chi connectivity index (χ2v) is 5.83. The van der Waals surface area contributed by atoms with Crippen LogP contribution in [0.3, 0.4) is 0 Å². The molecule has 0 aliphatic heterocycles. The second kappa shape index (κ2) is 5.66. The van der Waals surface area contributed by atoms with E-state index in [0.717, 1.165) is 4.90 Å². The Labute approximate surface area is 126 Å². The minimum atomic E-state index is -0.946. The summed E-state index contributed by atoms with van der Waals surface area (Å²) in [7, 11) is 0. The van der Waals surface area contributed by atoms with Gasteiger partial charge in [-0.15, -0.1) is 11.8 Å². The molecule has 0 aliphatic carbocycles. The minimum absolute atomic E-state index is 0.240. The highest BCUT2D eigenvalue weighted by atomic mass is 32.2. The standard InChI is InChI=1S/C17H14O3S/c1-11-16(17(18)19)9-14(20-11)10-21-15-7-6-12-4-2-3-5-13(12)8-15/h2-9H,10H2,1H3,(H,18,19). The van der Waals surface area contributed by atoms with E-state index >= 15 is 0 Å². The van der Waals surface area contributed by atoms with Crippen LogP contribution in [0.15, 0.2) is 57.8 Å². The minimum Gasteiger partial charge on any atom is -0.478 e. The first-order valence-corrected chi connectivity index (χ1v) is 7.56. The summed E-state index contributed by atoms with van der Waals surface area (Å²) in [5.74, 6) is 0.810. The van der Waals surface area contributed by atoms with Gasteiger partial charge in [0.15, 0.2) is 0 Å². The summed E-state index contributed by atoms with van der Waals surface area (Å²) < 4.78 is 5.48. The summed E-state index contributed by atoms with van der Waals surface area (Å²) >= 11 is 1.64. The number of hydrogen-bond donors (Lipinski definition) is 1. The van der Waals surface area contributed by atoms with Gasteiger partial charge in [0, 0.05) is 4.90 Å². The lowest BCUT2D eigenvalue weighted by molar-refractivity contribution is 0.0695. The summed E-state index contributed by atoms with van der Waals surface area (Å²) in [5.41, 5.74) is 0.240. The van der Waals surface area contributed by atoms with E-state index in [2.05, 4.69) is 30.3 Å². The fourth-order valence-electron chi connectivity index (χ4n) is 2.24. The number of rotatable bonds is 4. The van der Waals surface area contributed by atoms with Gasteiger partial charge in [-0.3, -0.25) is 0 Å².